The van der Waals surface area contributed by atoms with Crippen molar-refractivity contribution in [2.45, 2.75) is 0 Å². The van der Waals surface area contributed by atoms with Gasteiger partial charge in [-0.05, 0) is 23.8 Å². The molecule has 0 atom stereocenters. The summed E-state index contributed by atoms with van der Waals surface area (Å²) in [6, 6.07) is 6.73. The third-order valence-corrected chi connectivity index (χ3v) is 1.58. The van der Waals surface area contributed by atoms with Crippen LogP contribution in [0.4, 0.5) is 0 Å². The number of carbonyl (C=O) groups is 2. The molecule has 4 heteroatoms. The van der Waals surface area contributed by atoms with Gasteiger partial charge in [0.15, 0.2) is 0 Å². The summed E-state index contributed by atoms with van der Waals surface area (Å²) in [7, 11) is 0. The van der Waals surface area contributed by atoms with Crippen molar-refractivity contribution in [1.29, 1.82) is 0 Å². The second-order valence-corrected chi connectivity index (χ2v) is 2.73. The van der Waals surface area contributed by atoms with Gasteiger partial charge in [-0.3, -0.25) is 4.79 Å². The van der Waals surface area contributed by atoms with Gasteiger partial charge >= 0.3 is 0 Å². The van der Waals surface area contributed by atoms with E-state index in [4.69, 9.17) is 4.74 Å². The lowest BCUT2D eigenvalue weighted by molar-refractivity contribution is -0.307. The Morgan fingerprint density at radius 2 is 2.27 bits per heavy atom. The molecule has 0 spiro atoms. The second-order valence-electron chi connectivity index (χ2n) is 2.73. The Balaban J connectivity index is 2.69. The van der Waals surface area contributed by atoms with Crippen molar-refractivity contribution in [3.63, 3.8) is 0 Å². The van der Waals surface area contributed by atoms with E-state index < -0.39 is 12.6 Å². The first kappa shape index (κ1) is 11.0. The number of carboxylic acids is 1. The Morgan fingerprint density at radius 3 is 2.93 bits per heavy atom. The van der Waals surface area contributed by atoms with Crippen molar-refractivity contribution in [1.82, 2.24) is 0 Å². The van der Waals surface area contributed by atoms with Gasteiger partial charge in [-0.15, -0.1) is 0 Å². The largest absolute Gasteiger partial charge is 0.546 e. The van der Waals surface area contributed by atoms with Crippen molar-refractivity contribution in [2.24, 2.45) is 0 Å². The molecule has 0 aliphatic rings. The highest BCUT2D eigenvalue weighted by atomic mass is 16.5. The Labute approximate surface area is 86.8 Å². The number of allylic oxidation sites excluding steroid dienone is 1. The molecule has 0 unspecified atom stereocenters. The molecule has 0 aliphatic carbocycles. The van der Waals surface area contributed by atoms with Gasteiger partial charge in [-0.25, -0.2) is 0 Å². The zero-order valence-electron chi connectivity index (χ0n) is 7.88. The van der Waals surface area contributed by atoms with Crippen molar-refractivity contribution in [2.75, 3.05) is 6.61 Å². The molecule has 0 radical (unpaired) electrons. The molecule has 0 saturated carbocycles. The predicted octanol–water partition coefficient (Wildman–Crippen LogP) is 0.0274. The van der Waals surface area contributed by atoms with E-state index in [0.29, 0.717) is 12.0 Å². The summed E-state index contributed by atoms with van der Waals surface area (Å²) in [5.74, 6) is -0.851. The fourth-order valence-corrected chi connectivity index (χ4v) is 1.00. The summed E-state index contributed by atoms with van der Waals surface area (Å²) in [6.45, 7) is -0.485. The van der Waals surface area contributed by atoms with Crippen LogP contribution in [0, 0.1) is 0 Å². The molecule has 0 N–H and O–H groups in total. The first-order valence-corrected chi connectivity index (χ1v) is 4.27. The summed E-state index contributed by atoms with van der Waals surface area (Å²) in [4.78, 5) is 20.2. The highest BCUT2D eigenvalue weighted by molar-refractivity contribution is 5.74. The molecule has 1 rings (SSSR count). The average Bonchev–Trinajstić information content (AvgIpc) is 2.24. The highest BCUT2D eigenvalue weighted by Crippen LogP contribution is 2.13. The number of hydrogen-bond acceptors (Lipinski definition) is 4. The van der Waals surface area contributed by atoms with Gasteiger partial charge in [0.2, 0.25) is 0 Å². The van der Waals surface area contributed by atoms with Crippen LogP contribution in [0.3, 0.4) is 0 Å². The van der Waals surface area contributed by atoms with E-state index >= 15 is 0 Å². The third kappa shape index (κ3) is 4.08. The molecule has 1 aromatic carbocycles. The molecular formula is C11H9O4-. The lowest BCUT2D eigenvalue weighted by Gasteiger charge is -2.06. The van der Waals surface area contributed by atoms with E-state index in [1.54, 1.807) is 30.3 Å². The average molecular weight is 205 g/mol. The van der Waals surface area contributed by atoms with Crippen LogP contribution in [0.1, 0.15) is 5.56 Å². The van der Waals surface area contributed by atoms with Gasteiger partial charge in [0.05, 0.1) is 5.97 Å². The summed E-state index contributed by atoms with van der Waals surface area (Å²) in [5.41, 5.74) is 0.762. The van der Waals surface area contributed by atoms with Crippen LogP contribution in [0.2, 0.25) is 0 Å². The van der Waals surface area contributed by atoms with Gasteiger partial charge in [-0.1, -0.05) is 18.2 Å². The minimum Gasteiger partial charge on any atom is -0.546 e. The summed E-state index contributed by atoms with van der Waals surface area (Å²) < 4.78 is 4.90. The predicted molar refractivity (Wildman–Crippen MR) is 52.0 cm³/mol. The van der Waals surface area contributed by atoms with Crippen LogP contribution in [0.15, 0.2) is 30.3 Å². The summed E-state index contributed by atoms with van der Waals surface area (Å²) in [5, 5.41) is 10.1. The minimum atomic E-state index is -1.27. The summed E-state index contributed by atoms with van der Waals surface area (Å²) >= 11 is 0. The monoisotopic (exact) mass is 205 g/mol. The van der Waals surface area contributed by atoms with Crippen LogP contribution in [-0.4, -0.2) is 18.9 Å². The summed E-state index contributed by atoms with van der Waals surface area (Å²) in [6.07, 6.45) is 3.60. The molecule has 0 aliphatic heterocycles. The van der Waals surface area contributed by atoms with Crippen molar-refractivity contribution in [3.8, 4) is 5.75 Å². The van der Waals surface area contributed by atoms with Gasteiger partial charge in [-0.2, -0.15) is 0 Å². The van der Waals surface area contributed by atoms with Crippen molar-refractivity contribution >= 4 is 18.3 Å². The lowest BCUT2D eigenvalue weighted by Crippen LogP contribution is -2.28. The molecule has 15 heavy (non-hydrogen) atoms. The van der Waals surface area contributed by atoms with Crippen LogP contribution >= 0.6 is 0 Å². The van der Waals surface area contributed by atoms with Crippen LogP contribution < -0.4 is 9.84 Å². The molecular weight excluding hydrogens is 196 g/mol. The normalized spacial score (nSPS) is 10.1. The third-order valence-electron chi connectivity index (χ3n) is 1.58. The minimum absolute atomic E-state index is 0.423. The zero-order valence-corrected chi connectivity index (χ0v) is 7.88. The van der Waals surface area contributed by atoms with Gasteiger partial charge < -0.3 is 14.6 Å². The number of aldehydes is 1. The number of ether oxygens (including phenoxy) is 1. The molecule has 1 aromatic rings. The van der Waals surface area contributed by atoms with E-state index in [-0.39, 0.29) is 0 Å². The molecule has 0 bridgehead atoms. The zero-order chi connectivity index (χ0) is 11.1. The van der Waals surface area contributed by atoms with Crippen molar-refractivity contribution in [3.05, 3.63) is 35.9 Å². The van der Waals surface area contributed by atoms with E-state index in [9.17, 15) is 14.7 Å². The fraction of sp³-hybridized carbons (Fsp3) is 0.0909. The standard InChI is InChI=1S/C11H10O4/c12-6-2-4-9-3-1-5-10(7-9)15-8-11(13)14/h1-7H,8H2,(H,13,14)/p-1/b4-2+. The number of hydrogen-bond donors (Lipinski definition) is 0. The first-order chi connectivity index (χ1) is 7.22. The van der Waals surface area contributed by atoms with E-state index in [0.717, 1.165) is 5.56 Å². The topological polar surface area (TPSA) is 66.4 Å². The smallest absolute Gasteiger partial charge is 0.142 e. The Bertz CT molecular complexity index is 382. The second kappa shape index (κ2) is 5.59. The van der Waals surface area contributed by atoms with Gasteiger partial charge in [0.25, 0.3) is 0 Å². The maximum absolute atomic E-state index is 10.1. The first-order valence-electron chi connectivity index (χ1n) is 4.27. The molecule has 0 saturated heterocycles. The number of benzene rings is 1. The molecule has 0 heterocycles. The lowest BCUT2D eigenvalue weighted by atomic mass is 10.2. The molecule has 78 valence electrons. The SMILES string of the molecule is O=C/C=C/c1cccc(OCC(=O)[O-])c1. The van der Waals surface area contributed by atoms with Crippen LogP contribution in [-0.2, 0) is 9.59 Å². The number of aliphatic carboxylic acids is 1. The van der Waals surface area contributed by atoms with Gasteiger partial charge in [0, 0.05) is 0 Å². The van der Waals surface area contributed by atoms with Crippen molar-refractivity contribution < 1.29 is 19.4 Å². The maximum Gasteiger partial charge on any atom is 0.142 e. The molecule has 0 aromatic heterocycles. The maximum atomic E-state index is 10.1. The Hall–Kier alpha value is -2.10. The fourth-order valence-electron chi connectivity index (χ4n) is 1.00. The van der Waals surface area contributed by atoms with Crippen LogP contribution in [0.5, 0.6) is 5.75 Å². The number of carboxylic acid groups (broad SMARTS) is 1. The van der Waals surface area contributed by atoms with E-state index in [1.807, 2.05) is 0 Å². The number of carbonyl (C=O) groups excluding carboxylic acids is 2. The highest BCUT2D eigenvalue weighted by Gasteiger charge is 1.94. The van der Waals surface area contributed by atoms with E-state index in [2.05, 4.69) is 0 Å². The molecule has 0 amide bonds. The van der Waals surface area contributed by atoms with Crippen LogP contribution in [0.25, 0.3) is 6.08 Å². The molecule has 0 fully saturated rings. The quantitative estimate of drug-likeness (QED) is 0.502. The van der Waals surface area contributed by atoms with Gasteiger partial charge in [0.1, 0.15) is 18.6 Å². The Kier molecular flexibility index (Phi) is 4.09. The number of rotatable bonds is 5. The van der Waals surface area contributed by atoms with E-state index in [1.165, 1.54) is 6.08 Å². The molecule has 4 nitrogen and oxygen atoms in total. The Morgan fingerprint density at radius 1 is 1.47 bits per heavy atom.